The highest BCUT2D eigenvalue weighted by Crippen LogP contribution is 2.14. The quantitative estimate of drug-likeness (QED) is 0.728. The van der Waals surface area contributed by atoms with Crippen LogP contribution in [-0.4, -0.2) is 15.5 Å². The van der Waals surface area contributed by atoms with Crippen LogP contribution in [0, 0.1) is 13.8 Å². The maximum Gasteiger partial charge on any atom is 0.248 e. The van der Waals surface area contributed by atoms with Crippen molar-refractivity contribution in [1.29, 1.82) is 0 Å². The Morgan fingerprint density at radius 3 is 2.86 bits per heavy atom. The second-order valence-corrected chi connectivity index (χ2v) is 3.32. The molecule has 0 aromatic carbocycles. The van der Waals surface area contributed by atoms with E-state index in [0.29, 0.717) is 5.56 Å². The van der Waals surface area contributed by atoms with E-state index in [-0.39, 0.29) is 0 Å². The molecule has 0 aliphatic heterocycles. The van der Waals surface area contributed by atoms with E-state index in [0.717, 1.165) is 16.8 Å². The first-order valence-electron chi connectivity index (χ1n) is 4.35. The molecule has 1 amide bonds. The van der Waals surface area contributed by atoms with E-state index in [2.05, 4.69) is 5.10 Å². The van der Waals surface area contributed by atoms with Gasteiger partial charge in [-0.15, -0.1) is 0 Å². The van der Waals surface area contributed by atoms with Gasteiger partial charge in [0.2, 0.25) is 5.91 Å². The fourth-order valence-corrected chi connectivity index (χ4v) is 1.44. The maximum absolute atomic E-state index is 11.0. The lowest BCUT2D eigenvalue weighted by Gasteiger charge is -1.97. The van der Waals surface area contributed by atoms with Crippen molar-refractivity contribution in [2.75, 3.05) is 0 Å². The number of nitrogens with two attached hydrogens (primary N) is 1. The summed E-state index contributed by atoms with van der Waals surface area (Å²) in [5.74, 6) is -0.411. The number of primary amides is 1. The third-order valence-corrected chi connectivity index (χ3v) is 2.40. The highest BCUT2D eigenvalue weighted by Gasteiger charge is 2.07. The normalized spacial score (nSPS) is 10.7. The molecule has 72 valence electrons. The van der Waals surface area contributed by atoms with E-state index < -0.39 is 5.91 Å². The number of nitrogens with zero attached hydrogens (tertiary/aromatic N) is 2. The number of fused-ring (bicyclic) bond motifs is 1. The number of carbonyl (C=O) groups excluding carboxylic acids is 1. The van der Waals surface area contributed by atoms with Crippen LogP contribution in [0.5, 0.6) is 0 Å². The lowest BCUT2D eigenvalue weighted by atomic mass is 10.2. The molecule has 0 spiro atoms. The molecule has 0 saturated carbocycles. The second kappa shape index (κ2) is 2.83. The van der Waals surface area contributed by atoms with Crippen LogP contribution >= 0.6 is 0 Å². The van der Waals surface area contributed by atoms with Gasteiger partial charge in [0.15, 0.2) is 0 Å². The first kappa shape index (κ1) is 8.74. The molecule has 2 N–H and O–H groups in total. The van der Waals surface area contributed by atoms with Gasteiger partial charge in [0.1, 0.15) is 0 Å². The Bertz CT molecular complexity index is 513. The van der Waals surface area contributed by atoms with Gasteiger partial charge in [0.05, 0.1) is 11.2 Å². The maximum atomic E-state index is 11.0. The summed E-state index contributed by atoms with van der Waals surface area (Å²) in [5.41, 5.74) is 8.68. The van der Waals surface area contributed by atoms with Crippen LogP contribution in [0.25, 0.3) is 5.52 Å². The summed E-state index contributed by atoms with van der Waals surface area (Å²) in [6.45, 7) is 3.91. The van der Waals surface area contributed by atoms with E-state index >= 15 is 0 Å². The van der Waals surface area contributed by atoms with Gasteiger partial charge in [0, 0.05) is 11.8 Å². The molecule has 0 saturated heterocycles. The molecule has 2 rings (SSSR count). The average molecular weight is 189 g/mol. The Kier molecular flexibility index (Phi) is 1.77. The largest absolute Gasteiger partial charge is 0.366 e. The van der Waals surface area contributed by atoms with E-state index in [4.69, 9.17) is 5.73 Å². The molecule has 0 atom stereocenters. The Hall–Kier alpha value is -1.84. The molecule has 4 heteroatoms. The number of aryl methyl sites for hydroxylation is 2. The first-order valence-corrected chi connectivity index (χ1v) is 4.35. The number of carbonyl (C=O) groups is 1. The van der Waals surface area contributed by atoms with Crippen LogP contribution in [0.15, 0.2) is 18.3 Å². The Balaban J connectivity index is 2.76. The van der Waals surface area contributed by atoms with Crippen molar-refractivity contribution in [3.05, 3.63) is 35.2 Å². The van der Waals surface area contributed by atoms with Crippen LogP contribution in [0.3, 0.4) is 0 Å². The fraction of sp³-hybridized carbons (Fsp3) is 0.200. The minimum absolute atomic E-state index is 0.411. The van der Waals surface area contributed by atoms with Crippen LogP contribution in [-0.2, 0) is 0 Å². The summed E-state index contributed by atoms with van der Waals surface area (Å²) < 4.78 is 1.75. The monoisotopic (exact) mass is 189 g/mol. The molecule has 0 radical (unpaired) electrons. The Labute approximate surface area is 81.3 Å². The molecule has 2 aromatic rings. The molecule has 14 heavy (non-hydrogen) atoms. The third kappa shape index (κ3) is 1.16. The van der Waals surface area contributed by atoms with Gasteiger partial charge >= 0.3 is 0 Å². The SMILES string of the molecule is Cc1nn2ccc(C(N)=O)cc2c1C. The molecular formula is C10H11N3O. The number of hydrogen-bond acceptors (Lipinski definition) is 2. The molecule has 2 heterocycles. The number of pyridine rings is 1. The lowest BCUT2D eigenvalue weighted by molar-refractivity contribution is 0.100. The molecule has 4 nitrogen and oxygen atoms in total. The van der Waals surface area contributed by atoms with Gasteiger partial charge in [-0.05, 0) is 31.5 Å². The Morgan fingerprint density at radius 1 is 1.50 bits per heavy atom. The van der Waals surface area contributed by atoms with Gasteiger partial charge in [-0.3, -0.25) is 4.79 Å². The van der Waals surface area contributed by atoms with Gasteiger partial charge in [-0.1, -0.05) is 0 Å². The molecule has 2 aromatic heterocycles. The predicted molar refractivity (Wildman–Crippen MR) is 53.2 cm³/mol. The minimum Gasteiger partial charge on any atom is -0.366 e. The molecule has 0 bridgehead atoms. The van der Waals surface area contributed by atoms with Crippen molar-refractivity contribution in [1.82, 2.24) is 9.61 Å². The molecular weight excluding hydrogens is 178 g/mol. The van der Waals surface area contributed by atoms with E-state index in [1.54, 1.807) is 22.8 Å². The topological polar surface area (TPSA) is 60.4 Å². The zero-order valence-electron chi connectivity index (χ0n) is 8.11. The predicted octanol–water partition coefficient (Wildman–Crippen LogP) is 1.05. The van der Waals surface area contributed by atoms with E-state index in [1.165, 1.54) is 0 Å². The second-order valence-electron chi connectivity index (χ2n) is 3.32. The zero-order chi connectivity index (χ0) is 10.3. The standard InChI is InChI=1S/C10H11N3O/c1-6-7(2)12-13-4-3-8(10(11)14)5-9(6)13/h3-5H,1-2H3,(H2,11,14). The summed E-state index contributed by atoms with van der Waals surface area (Å²) in [4.78, 5) is 11.0. The van der Waals surface area contributed by atoms with Crippen LogP contribution in [0.1, 0.15) is 21.6 Å². The molecule has 0 unspecified atom stereocenters. The highest BCUT2D eigenvalue weighted by atomic mass is 16.1. The van der Waals surface area contributed by atoms with Gasteiger partial charge in [0.25, 0.3) is 0 Å². The fourth-order valence-electron chi connectivity index (χ4n) is 1.44. The summed E-state index contributed by atoms with van der Waals surface area (Å²) in [6, 6.07) is 3.43. The molecule has 0 aliphatic carbocycles. The van der Waals surface area contributed by atoms with Gasteiger partial charge < -0.3 is 5.73 Å². The summed E-state index contributed by atoms with van der Waals surface area (Å²) in [5, 5.41) is 4.28. The lowest BCUT2D eigenvalue weighted by Crippen LogP contribution is -2.11. The van der Waals surface area contributed by atoms with Crippen LogP contribution in [0.2, 0.25) is 0 Å². The number of aromatic nitrogens is 2. The minimum atomic E-state index is -0.411. The van der Waals surface area contributed by atoms with Gasteiger partial charge in [-0.2, -0.15) is 5.10 Å². The molecule has 0 fully saturated rings. The highest BCUT2D eigenvalue weighted by molar-refractivity contribution is 5.94. The zero-order valence-corrected chi connectivity index (χ0v) is 8.11. The van der Waals surface area contributed by atoms with Crippen molar-refractivity contribution < 1.29 is 4.79 Å². The van der Waals surface area contributed by atoms with E-state index in [1.807, 2.05) is 13.8 Å². The number of hydrogen-bond donors (Lipinski definition) is 1. The summed E-state index contributed by atoms with van der Waals surface area (Å²) >= 11 is 0. The van der Waals surface area contributed by atoms with Crippen LogP contribution < -0.4 is 5.73 Å². The van der Waals surface area contributed by atoms with Crippen molar-refractivity contribution >= 4 is 11.4 Å². The van der Waals surface area contributed by atoms with Gasteiger partial charge in [-0.25, -0.2) is 4.52 Å². The van der Waals surface area contributed by atoms with Crippen molar-refractivity contribution in [3.63, 3.8) is 0 Å². The summed E-state index contributed by atoms with van der Waals surface area (Å²) in [6.07, 6.45) is 1.75. The Morgan fingerprint density at radius 2 is 2.21 bits per heavy atom. The average Bonchev–Trinajstić information content (AvgIpc) is 2.43. The first-order chi connectivity index (χ1) is 6.59. The van der Waals surface area contributed by atoms with Crippen molar-refractivity contribution in [2.45, 2.75) is 13.8 Å². The summed E-state index contributed by atoms with van der Waals surface area (Å²) in [7, 11) is 0. The number of rotatable bonds is 1. The smallest absolute Gasteiger partial charge is 0.248 e. The number of amides is 1. The van der Waals surface area contributed by atoms with Crippen molar-refractivity contribution in [2.24, 2.45) is 5.73 Å². The van der Waals surface area contributed by atoms with E-state index in [9.17, 15) is 4.79 Å². The molecule has 0 aliphatic rings. The van der Waals surface area contributed by atoms with Crippen molar-refractivity contribution in [3.8, 4) is 0 Å². The third-order valence-electron chi connectivity index (χ3n) is 2.40. The van der Waals surface area contributed by atoms with Crippen LogP contribution in [0.4, 0.5) is 0 Å².